The highest BCUT2D eigenvalue weighted by Gasteiger charge is 2.09. The van der Waals surface area contributed by atoms with Crippen LogP contribution >= 0.6 is 0 Å². The molecule has 2 N–H and O–H groups in total. The molecule has 0 spiro atoms. The molecule has 0 unspecified atom stereocenters. The first kappa shape index (κ1) is 19.4. The van der Waals surface area contributed by atoms with Gasteiger partial charge in [0.15, 0.2) is 5.58 Å². The van der Waals surface area contributed by atoms with Gasteiger partial charge in [-0.3, -0.25) is 14.2 Å². The first-order valence-corrected chi connectivity index (χ1v) is 8.84. The number of amides is 2. The first-order valence-electron chi connectivity index (χ1n) is 8.84. The second-order valence-corrected chi connectivity index (χ2v) is 6.20. The van der Waals surface area contributed by atoms with Gasteiger partial charge in [-0.2, -0.15) is 0 Å². The maximum atomic E-state index is 12.1. The number of benzene rings is 2. The molecule has 1 aromatic heterocycles. The Balaban J connectivity index is 1.49. The van der Waals surface area contributed by atoms with E-state index in [-0.39, 0.29) is 24.8 Å². The molecule has 0 saturated carbocycles. The van der Waals surface area contributed by atoms with Crippen LogP contribution in [0.1, 0.15) is 12.8 Å². The van der Waals surface area contributed by atoms with Crippen molar-refractivity contribution >= 4 is 34.3 Å². The number of para-hydroxylation sites is 2. The highest BCUT2D eigenvalue weighted by molar-refractivity contribution is 5.93. The summed E-state index contributed by atoms with van der Waals surface area (Å²) in [6.45, 7) is 0.376. The number of hydrogen-bond acceptors (Lipinski definition) is 5. The topological polar surface area (TPSA) is 103 Å². The summed E-state index contributed by atoms with van der Waals surface area (Å²) in [5.74, 6) is -0.828. The Morgan fingerprint density at radius 1 is 1.00 bits per heavy atom. The molecule has 0 radical (unpaired) electrons. The molecule has 146 valence electrons. The van der Waals surface area contributed by atoms with E-state index >= 15 is 0 Å². The fourth-order valence-corrected chi connectivity index (χ4v) is 2.81. The van der Waals surface area contributed by atoms with E-state index in [4.69, 9.17) is 9.15 Å². The zero-order valence-corrected chi connectivity index (χ0v) is 15.4. The van der Waals surface area contributed by atoms with Crippen molar-refractivity contribution in [3.05, 3.63) is 59.1 Å². The van der Waals surface area contributed by atoms with Crippen LogP contribution in [-0.4, -0.2) is 30.1 Å². The lowest BCUT2D eigenvalue weighted by atomic mass is 10.2. The van der Waals surface area contributed by atoms with E-state index < -0.39 is 5.76 Å². The quantitative estimate of drug-likeness (QED) is 0.622. The molecule has 2 amide bonds. The summed E-state index contributed by atoms with van der Waals surface area (Å²) in [4.78, 5) is 35.5. The van der Waals surface area contributed by atoms with Gasteiger partial charge in [0.25, 0.3) is 0 Å². The Labute approximate surface area is 161 Å². The molecule has 0 aliphatic carbocycles. The highest BCUT2D eigenvalue weighted by atomic mass is 16.5. The maximum absolute atomic E-state index is 12.1. The normalized spacial score (nSPS) is 10.8. The summed E-state index contributed by atoms with van der Waals surface area (Å²) in [6, 6.07) is 14.0. The molecule has 0 aliphatic heterocycles. The number of carbonyl (C=O) groups is 2. The van der Waals surface area contributed by atoms with Crippen molar-refractivity contribution in [3.63, 3.8) is 0 Å². The largest absolute Gasteiger partial charge is 0.419 e. The summed E-state index contributed by atoms with van der Waals surface area (Å²) >= 11 is 0. The first-order chi connectivity index (χ1) is 13.6. The Hall–Kier alpha value is -3.39. The van der Waals surface area contributed by atoms with Crippen LogP contribution in [0.25, 0.3) is 11.1 Å². The molecule has 28 heavy (non-hydrogen) atoms. The second kappa shape index (κ2) is 9.01. The number of rotatable bonds is 8. The van der Waals surface area contributed by atoms with E-state index in [2.05, 4.69) is 10.6 Å². The van der Waals surface area contributed by atoms with E-state index in [1.54, 1.807) is 36.4 Å². The molecule has 3 aromatic rings. The number of carbonyl (C=O) groups excluding carboxylic acids is 2. The molecular weight excluding hydrogens is 362 g/mol. The predicted octanol–water partition coefficient (Wildman–Crippen LogP) is 2.60. The molecule has 8 nitrogen and oxygen atoms in total. The molecule has 0 saturated heterocycles. The molecule has 0 aliphatic rings. The summed E-state index contributed by atoms with van der Waals surface area (Å²) in [7, 11) is 1.45. The molecule has 1 heterocycles. The Bertz CT molecular complexity index is 1020. The van der Waals surface area contributed by atoms with Crippen molar-refractivity contribution < 1.29 is 18.7 Å². The third-order valence-corrected chi connectivity index (χ3v) is 4.09. The smallest absolute Gasteiger partial charge is 0.408 e. The average Bonchev–Trinajstić information content (AvgIpc) is 2.99. The Morgan fingerprint density at radius 3 is 2.32 bits per heavy atom. The van der Waals surface area contributed by atoms with Crippen LogP contribution < -0.4 is 16.4 Å². The van der Waals surface area contributed by atoms with Gasteiger partial charge in [-0.1, -0.05) is 12.1 Å². The number of nitrogens with one attached hydrogen (secondary N) is 2. The molecular formula is C20H21N3O5. The summed E-state index contributed by atoms with van der Waals surface area (Å²) in [6.07, 6.45) is 0.763. The van der Waals surface area contributed by atoms with E-state index in [0.29, 0.717) is 29.9 Å². The van der Waals surface area contributed by atoms with Crippen LogP contribution in [0.4, 0.5) is 11.4 Å². The Morgan fingerprint density at radius 2 is 1.64 bits per heavy atom. The summed E-state index contributed by atoms with van der Waals surface area (Å²) < 4.78 is 11.5. The van der Waals surface area contributed by atoms with Gasteiger partial charge in [-0.05, 0) is 42.8 Å². The van der Waals surface area contributed by atoms with Gasteiger partial charge < -0.3 is 19.8 Å². The van der Waals surface area contributed by atoms with Crippen molar-refractivity contribution in [2.75, 3.05) is 24.4 Å². The number of methoxy groups -OCH3 is 1. The number of aromatic nitrogens is 1. The van der Waals surface area contributed by atoms with Crippen molar-refractivity contribution in [2.24, 2.45) is 0 Å². The van der Waals surface area contributed by atoms with E-state index in [0.717, 1.165) is 5.52 Å². The lowest BCUT2D eigenvalue weighted by Crippen LogP contribution is -2.17. The third-order valence-electron chi connectivity index (χ3n) is 4.09. The molecule has 0 bridgehead atoms. The van der Waals surface area contributed by atoms with Gasteiger partial charge >= 0.3 is 5.76 Å². The van der Waals surface area contributed by atoms with Crippen molar-refractivity contribution in [1.82, 2.24) is 4.57 Å². The minimum atomic E-state index is -0.423. The minimum absolute atomic E-state index is 0.0203. The second-order valence-electron chi connectivity index (χ2n) is 6.20. The third kappa shape index (κ3) is 4.86. The summed E-state index contributed by atoms with van der Waals surface area (Å²) in [5, 5.41) is 5.47. The lowest BCUT2D eigenvalue weighted by molar-refractivity contribution is -0.119. The molecule has 0 atom stereocenters. The van der Waals surface area contributed by atoms with Crippen LogP contribution in [0.15, 0.2) is 57.7 Å². The molecule has 2 aromatic carbocycles. The van der Waals surface area contributed by atoms with Gasteiger partial charge in [-0.15, -0.1) is 0 Å². The van der Waals surface area contributed by atoms with Gasteiger partial charge in [-0.25, -0.2) is 4.79 Å². The van der Waals surface area contributed by atoms with Crippen LogP contribution in [0.2, 0.25) is 0 Å². The molecule has 8 heteroatoms. The average molecular weight is 383 g/mol. The van der Waals surface area contributed by atoms with Crippen LogP contribution in [0.3, 0.4) is 0 Å². The fourth-order valence-electron chi connectivity index (χ4n) is 2.81. The van der Waals surface area contributed by atoms with Crippen molar-refractivity contribution in [1.29, 1.82) is 0 Å². The molecule has 0 fully saturated rings. The van der Waals surface area contributed by atoms with Crippen molar-refractivity contribution in [3.8, 4) is 0 Å². The predicted molar refractivity (Wildman–Crippen MR) is 105 cm³/mol. The van der Waals surface area contributed by atoms with Gasteiger partial charge in [0.05, 0.1) is 5.52 Å². The fraction of sp³-hybridized carbons (Fsp3) is 0.250. The van der Waals surface area contributed by atoms with E-state index in [1.807, 2.05) is 12.1 Å². The van der Waals surface area contributed by atoms with Gasteiger partial charge in [0.1, 0.15) is 6.61 Å². The van der Waals surface area contributed by atoms with E-state index in [1.165, 1.54) is 11.7 Å². The number of oxazole rings is 1. The standard InChI is InChI=1S/C20H21N3O5/c1-27-13-19(25)22-15-10-8-14(9-11-15)21-18(24)7-4-12-23-16-5-2-3-6-17(16)28-20(23)26/h2-3,5-6,8-11H,4,7,12-13H2,1H3,(H,21,24)(H,22,25). The van der Waals surface area contributed by atoms with Gasteiger partial charge in [0, 0.05) is 31.5 Å². The van der Waals surface area contributed by atoms with Crippen LogP contribution in [0, 0.1) is 0 Å². The summed E-state index contributed by atoms with van der Waals surface area (Å²) in [5.41, 5.74) is 2.50. The van der Waals surface area contributed by atoms with Crippen LogP contribution in [0.5, 0.6) is 0 Å². The number of ether oxygens (including phenoxy) is 1. The van der Waals surface area contributed by atoms with Crippen LogP contribution in [-0.2, 0) is 20.9 Å². The Kier molecular flexibility index (Phi) is 6.23. The zero-order valence-electron chi connectivity index (χ0n) is 15.4. The molecule has 3 rings (SSSR count). The van der Waals surface area contributed by atoms with E-state index in [9.17, 15) is 14.4 Å². The SMILES string of the molecule is COCC(=O)Nc1ccc(NC(=O)CCCn2c(=O)oc3ccccc32)cc1. The zero-order chi connectivity index (χ0) is 19.9. The monoisotopic (exact) mass is 383 g/mol. The minimum Gasteiger partial charge on any atom is -0.408 e. The number of aryl methyl sites for hydroxylation is 1. The number of fused-ring (bicyclic) bond motifs is 1. The lowest BCUT2D eigenvalue weighted by Gasteiger charge is -2.08. The highest BCUT2D eigenvalue weighted by Crippen LogP contribution is 2.15. The maximum Gasteiger partial charge on any atom is 0.419 e. The number of hydrogen-bond donors (Lipinski definition) is 2. The number of nitrogens with zero attached hydrogens (tertiary/aromatic N) is 1. The van der Waals surface area contributed by atoms with Crippen molar-refractivity contribution in [2.45, 2.75) is 19.4 Å². The number of anilines is 2. The van der Waals surface area contributed by atoms with Gasteiger partial charge in [0.2, 0.25) is 11.8 Å².